The minimum atomic E-state index is 0.0575. The molecule has 0 saturated carbocycles. The van der Waals surface area contributed by atoms with Crippen LogP contribution in [0, 0.1) is 0 Å². The van der Waals surface area contributed by atoms with Crippen LogP contribution in [0.5, 0.6) is 0 Å². The lowest BCUT2D eigenvalue weighted by molar-refractivity contribution is 0.281. The number of hydrogen-bond acceptors (Lipinski definition) is 4. The Morgan fingerprint density at radius 3 is 2.75 bits per heavy atom. The van der Waals surface area contributed by atoms with E-state index in [4.69, 9.17) is 5.11 Å². The lowest BCUT2D eigenvalue weighted by atomic mass is 10.1. The van der Waals surface area contributed by atoms with Crippen LogP contribution in [0.2, 0.25) is 0 Å². The lowest BCUT2D eigenvalue weighted by Gasteiger charge is -2.08. The molecule has 0 spiro atoms. The predicted molar refractivity (Wildman–Crippen MR) is 79.2 cm³/mol. The maximum Gasteiger partial charge on any atom is 0.156 e. The second-order valence-corrected chi connectivity index (χ2v) is 4.61. The van der Waals surface area contributed by atoms with Crippen molar-refractivity contribution in [1.82, 2.24) is 10.2 Å². The average Bonchev–Trinajstić information content (AvgIpc) is 2.53. The van der Waals surface area contributed by atoms with E-state index >= 15 is 0 Å². The quantitative estimate of drug-likeness (QED) is 0.761. The Kier molecular flexibility index (Phi) is 3.56. The standard InChI is InChI=1S/C16H15N3O/c20-11-13-5-3-4-12(8-13)9-17-16-15-7-2-1-6-14(15)10-18-19-16/h1-8,10,20H,9,11H2,(H,17,19). The Balaban J connectivity index is 1.83. The van der Waals surface area contributed by atoms with E-state index in [1.54, 1.807) is 6.20 Å². The normalized spacial score (nSPS) is 10.7. The van der Waals surface area contributed by atoms with Crippen LogP contribution in [0.3, 0.4) is 0 Å². The van der Waals surface area contributed by atoms with Crippen LogP contribution in [0.15, 0.2) is 54.7 Å². The molecule has 3 aromatic rings. The molecule has 0 atom stereocenters. The van der Waals surface area contributed by atoms with Gasteiger partial charge in [-0.2, -0.15) is 5.10 Å². The van der Waals surface area contributed by atoms with Gasteiger partial charge in [-0.15, -0.1) is 5.10 Å². The van der Waals surface area contributed by atoms with Gasteiger partial charge in [-0.25, -0.2) is 0 Å². The predicted octanol–water partition coefficient (Wildman–Crippen LogP) is 2.73. The fourth-order valence-electron chi connectivity index (χ4n) is 2.18. The molecule has 0 aliphatic carbocycles. The van der Waals surface area contributed by atoms with Crippen molar-refractivity contribution in [2.75, 3.05) is 5.32 Å². The first kappa shape index (κ1) is 12.6. The van der Waals surface area contributed by atoms with Gasteiger partial charge >= 0.3 is 0 Å². The second-order valence-electron chi connectivity index (χ2n) is 4.61. The van der Waals surface area contributed by atoms with Crippen molar-refractivity contribution in [1.29, 1.82) is 0 Å². The molecule has 100 valence electrons. The van der Waals surface area contributed by atoms with Gasteiger partial charge in [-0.05, 0) is 11.1 Å². The monoisotopic (exact) mass is 265 g/mol. The van der Waals surface area contributed by atoms with E-state index in [2.05, 4.69) is 15.5 Å². The molecule has 2 aromatic carbocycles. The topological polar surface area (TPSA) is 58.0 Å². The van der Waals surface area contributed by atoms with Crippen LogP contribution in [0.25, 0.3) is 10.8 Å². The molecule has 4 nitrogen and oxygen atoms in total. The second kappa shape index (κ2) is 5.67. The number of fused-ring (bicyclic) bond motifs is 1. The van der Waals surface area contributed by atoms with E-state index in [0.717, 1.165) is 27.7 Å². The van der Waals surface area contributed by atoms with E-state index < -0.39 is 0 Å². The number of nitrogens with zero attached hydrogens (tertiary/aromatic N) is 2. The first-order chi connectivity index (χ1) is 9.86. The van der Waals surface area contributed by atoms with E-state index in [9.17, 15) is 0 Å². The maximum absolute atomic E-state index is 9.15. The molecule has 0 unspecified atom stereocenters. The highest BCUT2D eigenvalue weighted by atomic mass is 16.3. The Bertz CT molecular complexity index is 722. The Morgan fingerprint density at radius 1 is 1.00 bits per heavy atom. The van der Waals surface area contributed by atoms with Gasteiger partial charge in [0.25, 0.3) is 0 Å². The Hall–Kier alpha value is -2.46. The first-order valence-corrected chi connectivity index (χ1v) is 6.50. The molecule has 0 amide bonds. The van der Waals surface area contributed by atoms with Crippen LogP contribution in [0.1, 0.15) is 11.1 Å². The number of nitrogens with one attached hydrogen (secondary N) is 1. The van der Waals surface area contributed by atoms with E-state index in [-0.39, 0.29) is 6.61 Å². The average molecular weight is 265 g/mol. The van der Waals surface area contributed by atoms with Gasteiger partial charge < -0.3 is 10.4 Å². The van der Waals surface area contributed by atoms with Crippen molar-refractivity contribution >= 4 is 16.6 Å². The van der Waals surface area contributed by atoms with Gasteiger partial charge in [-0.3, -0.25) is 0 Å². The third-order valence-corrected chi connectivity index (χ3v) is 3.20. The first-order valence-electron chi connectivity index (χ1n) is 6.50. The summed E-state index contributed by atoms with van der Waals surface area (Å²) in [5.41, 5.74) is 2.01. The number of aromatic nitrogens is 2. The molecule has 0 bridgehead atoms. The van der Waals surface area contributed by atoms with Gasteiger partial charge in [0.1, 0.15) is 0 Å². The maximum atomic E-state index is 9.15. The molecule has 1 heterocycles. The number of hydrogen-bond donors (Lipinski definition) is 2. The number of aliphatic hydroxyl groups excluding tert-OH is 1. The summed E-state index contributed by atoms with van der Waals surface area (Å²) in [7, 11) is 0. The number of benzene rings is 2. The van der Waals surface area contributed by atoms with Crippen LogP contribution in [-0.4, -0.2) is 15.3 Å². The summed E-state index contributed by atoms with van der Waals surface area (Å²) < 4.78 is 0. The Labute approximate surface area is 117 Å². The van der Waals surface area contributed by atoms with E-state index in [1.807, 2.05) is 48.5 Å². The molecular formula is C16H15N3O. The molecule has 4 heteroatoms. The van der Waals surface area contributed by atoms with Crippen LogP contribution < -0.4 is 5.32 Å². The molecule has 1 aromatic heterocycles. The highest BCUT2D eigenvalue weighted by molar-refractivity contribution is 5.90. The fraction of sp³-hybridized carbons (Fsp3) is 0.125. The van der Waals surface area contributed by atoms with Crippen LogP contribution in [0.4, 0.5) is 5.82 Å². The molecule has 0 fully saturated rings. The zero-order chi connectivity index (χ0) is 13.8. The largest absolute Gasteiger partial charge is 0.392 e. The molecule has 20 heavy (non-hydrogen) atoms. The van der Waals surface area contributed by atoms with Crippen molar-refractivity contribution in [3.8, 4) is 0 Å². The number of anilines is 1. The van der Waals surface area contributed by atoms with Gasteiger partial charge in [0.05, 0.1) is 12.8 Å². The van der Waals surface area contributed by atoms with Gasteiger partial charge in [0, 0.05) is 17.3 Å². The summed E-state index contributed by atoms with van der Waals surface area (Å²) >= 11 is 0. The third-order valence-electron chi connectivity index (χ3n) is 3.20. The van der Waals surface area contributed by atoms with E-state index in [1.165, 1.54) is 0 Å². The molecular weight excluding hydrogens is 250 g/mol. The van der Waals surface area contributed by atoms with Crippen molar-refractivity contribution in [2.24, 2.45) is 0 Å². The summed E-state index contributed by atoms with van der Waals surface area (Å²) in [5.74, 6) is 0.775. The minimum Gasteiger partial charge on any atom is -0.392 e. The molecule has 2 N–H and O–H groups in total. The highest BCUT2D eigenvalue weighted by Gasteiger charge is 2.02. The summed E-state index contributed by atoms with van der Waals surface area (Å²) in [4.78, 5) is 0. The van der Waals surface area contributed by atoms with Crippen LogP contribution in [-0.2, 0) is 13.2 Å². The van der Waals surface area contributed by atoms with Gasteiger partial charge in [-0.1, -0.05) is 48.5 Å². The molecule has 3 rings (SSSR count). The smallest absolute Gasteiger partial charge is 0.156 e. The van der Waals surface area contributed by atoms with Crippen LogP contribution >= 0.6 is 0 Å². The third kappa shape index (κ3) is 2.60. The molecule has 0 aliphatic heterocycles. The number of aliphatic hydroxyl groups is 1. The van der Waals surface area contributed by atoms with Gasteiger partial charge in [0.15, 0.2) is 5.82 Å². The molecule has 0 aliphatic rings. The summed E-state index contributed by atoms with van der Waals surface area (Å²) in [6.07, 6.45) is 1.76. The zero-order valence-electron chi connectivity index (χ0n) is 11.0. The number of rotatable bonds is 4. The zero-order valence-corrected chi connectivity index (χ0v) is 11.0. The minimum absolute atomic E-state index is 0.0575. The van der Waals surface area contributed by atoms with Crippen molar-refractivity contribution < 1.29 is 5.11 Å². The van der Waals surface area contributed by atoms with Gasteiger partial charge in [0.2, 0.25) is 0 Å². The molecule has 0 radical (unpaired) electrons. The van der Waals surface area contributed by atoms with Crippen molar-refractivity contribution in [3.63, 3.8) is 0 Å². The van der Waals surface area contributed by atoms with Crippen molar-refractivity contribution in [2.45, 2.75) is 13.2 Å². The lowest BCUT2D eigenvalue weighted by Crippen LogP contribution is -2.03. The summed E-state index contributed by atoms with van der Waals surface area (Å²) in [6, 6.07) is 15.9. The van der Waals surface area contributed by atoms with Crippen molar-refractivity contribution in [3.05, 3.63) is 65.9 Å². The SMILES string of the molecule is OCc1cccc(CNc2nncc3ccccc23)c1. The summed E-state index contributed by atoms with van der Waals surface area (Å²) in [6.45, 7) is 0.707. The fourth-order valence-corrected chi connectivity index (χ4v) is 2.18. The highest BCUT2D eigenvalue weighted by Crippen LogP contribution is 2.19. The van der Waals surface area contributed by atoms with E-state index in [0.29, 0.717) is 6.54 Å². The molecule has 0 saturated heterocycles. The summed E-state index contributed by atoms with van der Waals surface area (Å²) in [5, 5.41) is 22.7. The Morgan fingerprint density at radius 2 is 1.85 bits per heavy atom.